The van der Waals surface area contributed by atoms with E-state index in [9.17, 15) is 8.78 Å². The fourth-order valence-electron chi connectivity index (χ4n) is 0.709. The molecule has 1 aromatic carbocycles. The molecule has 0 atom stereocenters. The van der Waals surface area contributed by atoms with Crippen LogP contribution >= 0.6 is 24.0 Å². The highest BCUT2D eigenvalue weighted by Crippen LogP contribution is 2.27. The summed E-state index contributed by atoms with van der Waals surface area (Å²) >= 11 is 5.54. The average molecular weight is 230 g/mol. The number of nitrogen functional groups attached to an aromatic ring is 1. The van der Waals surface area contributed by atoms with Crippen LogP contribution < -0.4 is 10.5 Å². The molecule has 6 heteroatoms. The highest BCUT2D eigenvalue weighted by Gasteiger charge is 2.07. The minimum atomic E-state index is -2.87. The van der Waals surface area contributed by atoms with Gasteiger partial charge in [0.2, 0.25) is 0 Å². The van der Waals surface area contributed by atoms with Gasteiger partial charge < -0.3 is 10.5 Å². The first kappa shape index (κ1) is 12.3. The molecule has 0 aromatic heterocycles. The van der Waals surface area contributed by atoms with Crippen LogP contribution in [0.1, 0.15) is 0 Å². The molecule has 1 rings (SSSR count). The van der Waals surface area contributed by atoms with Crippen LogP contribution in [0.2, 0.25) is 5.02 Å². The first-order valence-corrected chi connectivity index (χ1v) is 3.47. The molecule has 0 aliphatic rings. The molecule has 0 radical (unpaired) electrons. The van der Waals surface area contributed by atoms with Crippen molar-refractivity contribution in [1.29, 1.82) is 0 Å². The predicted molar refractivity (Wildman–Crippen MR) is 49.7 cm³/mol. The molecule has 74 valence electrons. The van der Waals surface area contributed by atoms with Crippen molar-refractivity contribution in [1.82, 2.24) is 0 Å². The largest absolute Gasteiger partial charge is 0.433 e. The summed E-state index contributed by atoms with van der Waals surface area (Å²) in [6, 6.07) is 4.08. The quantitative estimate of drug-likeness (QED) is 0.792. The van der Waals surface area contributed by atoms with Crippen LogP contribution in [0.25, 0.3) is 0 Å². The maximum absolute atomic E-state index is 11.7. The van der Waals surface area contributed by atoms with Gasteiger partial charge in [0.15, 0.2) is 0 Å². The summed E-state index contributed by atoms with van der Waals surface area (Å²) in [5.41, 5.74) is 5.74. The molecule has 0 unspecified atom stereocenters. The Hall–Kier alpha value is -0.740. The molecule has 1 aromatic rings. The van der Waals surface area contributed by atoms with Crippen molar-refractivity contribution in [3.8, 4) is 5.75 Å². The molecule has 0 spiro atoms. The first-order chi connectivity index (χ1) is 5.59. The summed E-state index contributed by atoms with van der Waals surface area (Å²) < 4.78 is 27.5. The number of halogens is 4. The highest BCUT2D eigenvalue weighted by atomic mass is 35.5. The summed E-state index contributed by atoms with van der Waals surface area (Å²) in [6.45, 7) is -2.87. The summed E-state index contributed by atoms with van der Waals surface area (Å²) in [7, 11) is 0. The molecule has 2 N–H and O–H groups in total. The molecule has 0 saturated heterocycles. The molecule has 13 heavy (non-hydrogen) atoms. The zero-order valence-electron chi connectivity index (χ0n) is 6.34. The molecule has 0 aliphatic heterocycles. The third-order valence-corrected chi connectivity index (χ3v) is 1.47. The number of ether oxygens (including phenoxy) is 1. The van der Waals surface area contributed by atoms with E-state index in [-0.39, 0.29) is 23.2 Å². The lowest BCUT2D eigenvalue weighted by atomic mass is 10.3. The van der Waals surface area contributed by atoms with Gasteiger partial charge in [-0.2, -0.15) is 8.78 Å². The minimum absolute atomic E-state index is 0. The fourth-order valence-corrected chi connectivity index (χ4v) is 0.942. The molecular formula is C7H7Cl2F2NO. The summed E-state index contributed by atoms with van der Waals surface area (Å²) in [4.78, 5) is 0. The Morgan fingerprint density at radius 3 is 2.46 bits per heavy atom. The monoisotopic (exact) mass is 229 g/mol. The van der Waals surface area contributed by atoms with E-state index in [4.69, 9.17) is 17.3 Å². The molecule has 0 fully saturated rings. The van der Waals surface area contributed by atoms with E-state index in [1.165, 1.54) is 18.2 Å². The van der Waals surface area contributed by atoms with Crippen LogP contribution in [0, 0.1) is 0 Å². The van der Waals surface area contributed by atoms with Crippen molar-refractivity contribution in [2.45, 2.75) is 6.61 Å². The van der Waals surface area contributed by atoms with Crippen molar-refractivity contribution in [2.24, 2.45) is 0 Å². The molecular weight excluding hydrogens is 223 g/mol. The molecule has 0 amide bonds. The Morgan fingerprint density at radius 1 is 1.38 bits per heavy atom. The van der Waals surface area contributed by atoms with Gasteiger partial charge >= 0.3 is 6.61 Å². The summed E-state index contributed by atoms with van der Waals surface area (Å²) in [5.74, 6) is -0.0686. The lowest BCUT2D eigenvalue weighted by Crippen LogP contribution is -2.02. The molecule has 0 heterocycles. The van der Waals surface area contributed by atoms with E-state index < -0.39 is 6.61 Å². The number of rotatable bonds is 2. The summed E-state index contributed by atoms with van der Waals surface area (Å²) in [5, 5.41) is 0.0790. The second-order valence-corrected chi connectivity index (χ2v) is 2.48. The Labute approximate surface area is 85.0 Å². The number of hydrogen-bond donors (Lipinski definition) is 1. The fraction of sp³-hybridized carbons (Fsp3) is 0.143. The lowest BCUT2D eigenvalue weighted by molar-refractivity contribution is -0.0497. The van der Waals surface area contributed by atoms with Crippen LogP contribution in [0.4, 0.5) is 14.5 Å². The average Bonchev–Trinajstić information content (AvgIpc) is 1.94. The van der Waals surface area contributed by atoms with Crippen molar-refractivity contribution >= 4 is 29.7 Å². The van der Waals surface area contributed by atoms with Crippen LogP contribution in [0.3, 0.4) is 0 Å². The predicted octanol–water partition coefficient (Wildman–Crippen LogP) is 2.95. The minimum Gasteiger partial charge on any atom is -0.433 e. The maximum atomic E-state index is 11.7. The third kappa shape index (κ3) is 3.65. The third-order valence-electron chi connectivity index (χ3n) is 1.17. The van der Waals surface area contributed by atoms with Crippen LogP contribution in [0.5, 0.6) is 5.75 Å². The van der Waals surface area contributed by atoms with Gasteiger partial charge in [-0.25, -0.2) is 0 Å². The second kappa shape index (κ2) is 5.09. The van der Waals surface area contributed by atoms with Crippen molar-refractivity contribution in [3.05, 3.63) is 23.2 Å². The van der Waals surface area contributed by atoms with Gasteiger partial charge in [0.25, 0.3) is 0 Å². The topological polar surface area (TPSA) is 35.2 Å². The van der Waals surface area contributed by atoms with Gasteiger partial charge in [-0.3, -0.25) is 0 Å². The van der Waals surface area contributed by atoms with Gasteiger partial charge in [0.1, 0.15) is 5.75 Å². The van der Waals surface area contributed by atoms with E-state index in [2.05, 4.69) is 4.74 Å². The number of hydrogen-bond acceptors (Lipinski definition) is 2. The summed E-state index contributed by atoms with van der Waals surface area (Å²) in [6.07, 6.45) is 0. The Bertz CT molecular complexity index is 283. The smallest absolute Gasteiger partial charge is 0.387 e. The van der Waals surface area contributed by atoms with Gasteiger partial charge in [-0.05, 0) is 18.2 Å². The lowest BCUT2D eigenvalue weighted by Gasteiger charge is -2.06. The standard InChI is InChI=1S/C7H6ClF2NO.ClH/c8-5-3-4(11)1-2-6(5)12-7(9)10;/h1-3,7H,11H2;1H. The Kier molecular flexibility index (Phi) is 4.80. The van der Waals surface area contributed by atoms with Crippen LogP contribution in [0.15, 0.2) is 18.2 Å². The van der Waals surface area contributed by atoms with Crippen molar-refractivity contribution < 1.29 is 13.5 Å². The zero-order chi connectivity index (χ0) is 9.14. The van der Waals surface area contributed by atoms with E-state index >= 15 is 0 Å². The Balaban J connectivity index is 0.00000144. The first-order valence-electron chi connectivity index (χ1n) is 3.09. The number of anilines is 1. The zero-order valence-corrected chi connectivity index (χ0v) is 7.91. The van der Waals surface area contributed by atoms with Gasteiger partial charge in [-0.1, -0.05) is 11.6 Å². The molecule has 2 nitrogen and oxygen atoms in total. The van der Waals surface area contributed by atoms with E-state index in [1.54, 1.807) is 0 Å². The number of benzene rings is 1. The van der Waals surface area contributed by atoms with Gasteiger partial charge in [0, 0.05) is 5.69 Å². The molecule has 0 aliphatic carbocycles. The van der Waals surface area contributed by atoms with Crippen molar-refractivity contribution in [2.75, 3.05) is 5.73 Å². The molecule has 0 saturated carbocycles. The van der Waals surface area contributed by atoms with E-state index in [1.807, 2.05) is 0 Å². The van der Waals surface area contributed by atoms with Crippen LogP contribution in [-0.2, 0) is 0 Å². The van der Waals surface area contributed by atoms with E-state index in [0.29, 0.717) is 5.69 Å². The second-order valence-electron chi connectivity index (χ2n) is 2.07. The SMILES string of the molecule is Cl.Nc1ccc(OC(F)F)c(Cl)c1. The normalized spacial score (nSPS) is 9.54. The number of nitrogens with two attached hydrogens (primary N) is 1. The molecule has 0 bridgehead atoms. The van der Waals surface area contributed by atoms with Crippen LogP contribution in [-0.4, -0.2) is 6.61 Å². The van der Waals surface area contributed by atoms with Gasteiger partial charge in [-0.15, -0.1) is 12.4 Å². The Morgan fingerprint density at radius 2 is 2.00 bits per heavy atom. The highest BCUT2D eigenvalue weighted by molar-refractivity contribution is 6.32. The van der Waals surface area contributed by atoms with Crippen molar-refractivity contribution in [3.63, 3.8) is 0 Å². The number of alkyl halides is 2. The van der Waals surface area contributed by atoms with Gasteiger partial charge in [0.05, 0.1) is 5.02 Å². The maximum Gasteiger partial charge on any atom is 0.387 e. The van der Waals surface area contributed by atoms with E-state index in [0.717, 1.165) is 0 Å².